The summed E-state index contributed by atoms with van der Waals surface area (Å²) >= 11 is 0. The predicted molar refractivity (Wildman–Crippen MR) is 101 cm³/mol. The first-order chi connectivity index (χ1) is 13.1. The molecule has 0 saturated carbocycles. The Morgan fingerprint density at radius 2 is 1.96 bits per heavy atom. The number of fused-ring (bicyclic) bond motifs is 2. The van der Waals surface area contributed by atoms with Gasteiger partial charge in [-0.1, -0.05) is 6.07 Å². The van der Waals surface area contributed by atoms with Crippen molar-refractivity contribution in [3.05, 3.63) is 58.0 Å². The van der Waals surface area contributed by atoms with E-state index in [1.807, 2.05) is 6.07 Å². The van der Waals surface area contributed by atoms with Gasteiger partial charge in [0.1, 0.15) is 0 Å². The van der Waals surface area contributed by atoms with Crippen LogP contribution in [0.15, 0.2) is 41.2 Å². The highest BCUT2D eigenvalue weighted by Crippen LogP contribution is 2.31. The number of aromatic amines is 2. The Bertz CT molecular complexity index is 1100. The summed E-state index contributed by atoms with van der Waals surface area (Å²) in [5, 5.41) is 2.85. The second-order valence-electron chi connectivity index (χ2n) is 6.32. The van der Waals surface area contributed by atoms with Crippen molar-refractivity contribution in [2.45, 2.75) is 12.8 Å². The number of hydrogen-bond acceptors (Lipinski definition) is 4. The fraction of sp³-hybridized carbons (Fsp3) is 0.211. The Hall–Kier alpha value is -3.55. The van der Waals surface area contributed by atoms with Crippen molar-refractivity contribution in [2.24, 2.45) is 0 Å². The molecule has 0 fully saturated rings. The molecule has 0 aliphatic carbocycles. The quantitative estimate of drug-likeness (QED) is 0.606. The second kappa shape index (κ2) is 6.64. The Balaban J connectivity index is 1.63. The zero-order valence-corrected chi connectivity index (χ0v) is 14.7. The van der Waals surface area contributed by atoms with Gasteiger partial charge in [-0.25, -0.2) is 14.4 Å². The van der Waals surface area contributed by atoms with Gasteiger partial charge in [0.25, 0.3) is 0 Å². The molecule has 8 nitrogen and oxygen atoms in total. The van der Waals surface area contributed by atoms with E-state index in [1.165, 1.54) is 7.11 Å². The lowest BCUT2D eigenvalue weighted by atomic mass is 9.96. The average Bonchev–Trinajstić information content (AvgIpc) is 3.05. The zero-order valence-electron chi connectivity index (χ0n) is 14.7. The highest BCUT2D eigenvalue weighted by atomic mass is 16.5. The van der Waals surface area contributed by atoms with E-state index in [0.29, 0.717) is 40.9 Å². The van der Waals surface area contributed by atoms with Crippen LogP contribution in [0.2, 0.25) is 0 Å². The monoisotopic (exact) mass is 366 g/mol. The molecule has 1 aliphatic heterocycles. The van der Waals surface area contributed by atoms with Crippen LogP contribution in [0, 0.1) is 0 Å². The molecule has 27 heavy (non-hydrogen) atoms. The minimum absolute atomic E-state index is 0.296. The standard InChI is InChI=1S/C19H18N4O4/c1-27-17(24)13-4-2-6-16-12(13)5-3-9-23(16)19(26)20-11-7-8-14-15(10-11)22-18(25)21-14/h2,4,6-8,10H,3,5,9H2,1H3,(H,20,26)(H2,21,22,25). The smallest absolute Gasteiger partial charge is 0.338 e. The maximum absolute atomic E-state index is 12.8. The number of urea groups is 1. The fourth-order valence-corrected chi connectivity index (χ4v) is 3.44. The molecule has 0 spiro atoms. The van der Waals surface area contributed by atoms with Crippen molar-refractivity contribution in [3.8, 4) is 0 Å². The van der Waals surface area contributed by atoms with Crippen molar-refractivity contribution < 1.29 is 14.3 Å². The van der Waals surface area contributed by atoms with E-state index in [-0.39, 0.29) is 11.7 Å². The number of anilines is 2. The molecule has 0 bridgehead atoms. The Labute approximate surface area is 154 Å². The fourth-order valence-electron chi connectivity index (χ4n) is 3.44. The number of carbonyl (C=O) groups is 2. The van der Waals surface area contributed by atoms with Crippen molar-refractivity contribution in [1.82, 2.24) is 9.97 Å². The molecule has 3 aromatic rings. The first-order valence-corrected chi connectivity index (χ1v) is 8.57. The third-order valence-corrected chi connectivity index (χ3v) is 4.67. The summed E-state index contributed by atoms with van der Waals surface area (Å²) in [5.74, 6) is -0.407. The number of imidazole rings is 1. The zero-order chi connectivity index (χ0) is 19.0. The lowest BCUT2D eigenvalue weighted by Gasteiger charge is -2.30. The molecular formula is C19H18N4O4. The molecule has 8 heteroatoms. The van der Waals surface area contributed by atoms with Gasteiger partial charge in [-0.15, -0.1) is 0 Å². The number of hydrogen-bond donors (Lipinski definition) is 3. The lowest BCUT2D eigenvalue weighted by molar-refractivity contribution is 0.0599. The van der Waals surface area contributed by atoms with E-state index in [2.05, 4.69) is 15.3 Å². The molecule has 0 unspecified atom stereocenters. The summed E-state index contributed by atoms with van der Waals surface area (Å²) in [6, 6.07) is 10.1. The number of ether oxygens (including phenoxy) is 1. The van der Waals surface area contributed by atoms with Crippen LogP contribution >= 0.6 is 0 Å². The molecular weight excluding hydrogens is 348 g/mol. The van der Waals surface area contributed by atoms with Crippen molar-refractivity contribution in [3.63, 3.8) is 0 Å². The van der Waals surface area contributed by atoms with Crippen LogP contribution < -0.4 is 15.9 Å². The van der Waals surface area contributed by atoms with Crippen LogP contribution in [-0.4, -0.2) is 35.6 Å². The Morgan fingerprint density at radius 1 is 1.15 bits per heavy atom. The van der Waals surface area contributed by atoms with Crippen LogP contribution in [0.4, 0.5) is 16.2 Å². The minimum Gasteiger partial charge on any atom is -0.465 e. The molecule has 2 aromatic carbocycles. The number of esters is 1. The summed E-state index contributed by atoms with van der Waals surface area (Å²) in [4.78, 5) is 43.2. The van der Waals surface area contributed by atoms with Gasteiger partial charge in [0, 0.05) is 17.9 Å². The lowest BCUT2D eigenvalue weighted by Crippen LogP contribution is -2.39. The van der Waals surface area contributed by atoms with Gasteiger partial charge in [-0.2, -0.15) is 0 Å². The number of rotatable bonds is 2. The first kappa shape index (κ1) is 16.9. The summed E-state index contributed by atoms with van der Waals surface area (Å²) in [6.07, 6.45) is 1.46. The highest BCUT2D eigenvalue weighted by molar-refractivity contribution is 6.04. The molecule has 2 heterocycles. The van der Waals surface area contributed by atoms with Crippen LogP contribution in [0.1, 0.15) is 22.3 Å². The van der Waals surface area contributed by atoms with Crippen LogP contribution in [0.5, 0.6) is 0 Å². The highest BCUT2D eigenvalue weighted by Gasteiger charge is 2.26. The maximum atomic E-state index is 12.8. The molecule has 3 N–H and O–H groups in total. The topological polar surface area (TPSA) is 107 Å². The molecule has 0 radical (unpaired) electrons. The minimum atomic E-state index is -0.407. The first-order valence-electron chi connectivity index (χ1n) is 8.57. The molecule has 4 rings (SSSR count). The number of carbonyl (C=O) groups excluding carboxylic acids is 2. The molecule has 0 atom stereocenters. The summed E-state index contributed by atoms with van der Waals surface area (Å²) < 4.78 is 4.85. The SMILES string of the molecule is COC(=O)c1cccc2c1CCCN2C(=O)Nc1ccc2[nH]c(=O)[nH]c2c1. The van der Waals surface area contributed by atoms with E-state index >= 15 is 0 Å². The average molecular weight is 366 g/mol. The van der Waals surface area contributed by atoms with Gasteiger partial charge in [-0.05, 0) is 48.7 Å². The number of nitrogens with zero attached hydrogens (tertiary/aromatic N) is 1. The maximum Gasteiger partial charge on any atom is 0.338 e. The second-order valence-corrected chi connectivity index (χ2v) is 6.32. The molecule has 1 aliphatic rings. The molecule has 2 amide bonds. The van der Waals surface area contributed by atoms with Gasteiger partial charge in [0.15, 0.2) is 0 Å². The van der Waals surface area contributed by atoms with E-state index in [0.717, 1.165) is 12.0 Å². The van der Waals surface area contributed by atoms with E-state index in [4.69, 9.17) is 4.74 Å². The number of methoxy groups -OCH3 is 1. The van der Waals surface area contributed by atoms with Gasteiger partial charge in [0.05, 0.1) is 23.7 Å². The third kappa shape index (κ3) is 3.05. The van der Waals surface area contributed by atoms with Crippen molar-refractivity contribution in [1.29, 1.82) is 0 Å². The third-order valence-electron chi connectivity index (χ3n) is 4.67. The number of amides is 2. The van der Waals surface area contributed by atoms with Crippen molar-refractivity contribution >= 4 is 34.4 Å². The number of benzene rings is 2. The number of H-pyrrole nitrogens is 2. The van der Waals surface area contributed by atoms with Gasteiger partial charge in [0.2, 0.25) is 0 Å². The molecule has 138 valence electrons. The molecule has 0 saturated heterocycles. The number of aromatic nitrogens is 2. The van der Waals surface area contributed by atoms with Gasteiger partial charge < -0.3 is 20.0 Å². The van der Waals surface area contributed by atoms with Crippen LogP contribution in [-0.2, 0) is 11.2 Å². The van der Waals surface area contributed by atoms with Crippen LogP contribution in [0.25, 0.3) is 11.0 Å². The van der Waals surface area contributed by atoms with E-state index in [9.17, 15) is 14.4 Å². The van der Waals surface area contributed by atoms with Crippen molar-refractivity contribution in [2.75, 3.05) is 23.9 Å². The van der Waals surface area contributed by atoms with Gasteiger partial charge in [-0.3, -0.25) is 4.90 Å². The normalized spacial score (nSPS) is 13.3. The van der Waals surface area contributed by atoms with Gasteiger partial charge >= 0.3 is 17.7 Å². The van der Waals surface area contributed by atoms with Crippen LogP contribution in [0.3, 0.4) is 0 Å². The number of nitrogens with one attached hydrogen (secondary N) is 3. The summed E-state index contributed by atoms with van der Waals surface area (Å²) in [6.45, 7) is 0.548. The van der Waals surface area contributed by atoms with E-state index in [1.54, 1.807) is 35.2 Å². The summed E-state index contributed by atoms with van der Waals surface area (Å²) in [5.41, 5.74) is 3.56. The Morgan fingerprint density at radius 3 is 2.78 bits per heavy atom. The Kier molecular flexibility index (Phi) is 4.15. The molecule has 1 aromatic heterocycles. The largest absolute Gasteiger partial charge is 0.465 e. The summed E-state index contributed by atoms with van der Waals surface area (Å²) in [7, 11) is 1.34. The predicted octanol–water partition coefficient (Wildman–Crippen LogP) is 2.63. The van der Waals surface area contributed by atoms with E-state index < -0.39 is 5.97 Å².